The van der Waals surface area contributed by atoms with E-state index in [1.807, 2.05) is 6.07 Å². The van der Waals surface area contributed by atoms with Crippen molar-refractivity contribution in [3.8, 4) is 11.5 Å². The number of phenols is 1. The van der Waals surface area contributed by atoms with Crippen molar-refractivity contribution < 1.29 is 23.4 Å². The molecule has 0 fully saturated rings. The average molecular weight is 370 g/mol. The van der Waals surface area contributed by atoms with Gasteiger partial charge in [0, 0.05) is 6.07 Å². The van der Waals surface area contributed by atoms with Crippen LogP contribution in [0.4, 0.5) is 0 Å². The summed E-state index contributed by atoms with van der Waals surface area (Å²) in [6, 6.07) is 20.8. The van der Waals surface area contributed by atoms with E-state index in [4.69, 9.17) is 4.74 Å². The molecule has 134 valence electrons. The molecular weight excluding hydrogens is 352 g/mol. The first-order chi connectivity index (χ1) is 12.5. The first-order valence-electron chi connectivity index (χ1n) is 7.98. The van der Waals surface area contributed by atoms with Crippen LogP contribution in [0, 0.1) is 0 Å². The molecule has 2 N–H and O–H groups in total. The van der Waals surface area contributed by atoms with Crippen LogP contribution in [0.1, 0.15) is 11.7 Å². The van der Waals surface area contributed by atoms with E-state index >= 15 is 0 Å². The summed E-state index contributed by atoms with van der Waals surface area (Å²) in [7, 11) is -3.84. The van der Waals surface area contributed by atoms with Crippen molar-refractivity contribution in [1.82, 2.24) is 0 Å². The van der Waals surface area contributed by atoms with Crippen molar-refractivity contribution in [1.29, 1.82) is 0 Å². The van der Waals surface area contributed by atoms with Crippen molar-refractivity contribution in [3.05, 3.63) is 84.4 Å². The summed E-state index contributed by atoms with van der Waals surface area (Å²) in [5, 5.41) is 19.5. The Bertz CT molecular complexity index is 970. The zero-order valence-electron chi connectivity index (χ0n) is 13.8. The van der Waals surface area contributed by atoms with Crippen LogP contribution in [0.5, 0.6) is 11.5 Å². The first-order valence-corrected chi connectivity index (χ1v) is 9.46. The Balaban J connectivity index is 2.04. The fourth-order valence-corrected chi connectivity index (χ4v) is 3.96. The van der Waals surface area contributed by atoms with Gasteiger partial charge in [-0.1, -0.05) is 48.5 Å². The predicted octanol–water partition coefficient (Wildman–Crippen LogP) is 3.34. The van der Waals surface area contributed by atoms with Crippen LogP contribution in [-0.2, 0) is 9.84 Å². The molecule has 0 amide bonds. The van der Waals surface area contributed by atoms with Gasteiger partial charge in [0.1, 0.15) is 22.5 Å². The van der Waals surface area contributed by atoms with Crippen LogP contribution in [0.2, 0.25) is 0 Å². The molecule has 0 saturated carbocycles. The van der Waals surface area contributed by atoms with Gasteiger partial charge in [-0.25, -0.2) is 8.42 Å². The molecule has 0 radical (unpaired) electrons. The fourth-order valence-electron chi connectivity index (χ4n) is 2.57. The highest BCUT2D eigenvalue weighted by atomic mass is 32.2. The number of hydrogen-bond donors (Lipinski definition) is 2. The maximum Gasteiger partial charge on any atom is 0.210 e. The summed E-state index contributed by atoms with van der Waals surface area (Å²) >= 11 is 0. The van der Waals surface area contributed by atoms with Crippen LogP contribution in [0.3, 0.4) is 0 Å². The van der Waals surface area contributed by atoms with Crippen LogP contribution in [0.15, 0.2) is 88.7 Å². The minimum absolute atomic E-state index is 0.0169. The third-order valence-corrected chi connectivity index (χ3v) is 5.69. The number of phenolic OH excluding ortho intramolecular Hbond substituents is 1. The Labute approximate surface area is 152 Å². The molecule has 6 heteroatoms. The highest BCUT2D eigenvalue weighted by Crippen LogP contribution is 2.35. The number of aromatic hydroxyl groups is 1. The van der Waals surface area contributed by atoms with E-state index in [-0.39, 0.29) is 27.9 Å². The maximum absolute atomic E-state index is 12.9. The van der Waals surface area contributed by atoms with Gasteiger partial charge in [0.05, 0.1) is 11.5 Å². The van der Waals surface area contributed by atoms with Gasteiger partial charge in [-0.15, -0.1) is 0 Å². The van der Waals surface area contributed by atoms with Crippen molar-refractivity contribution in [2.45, 2.75) is 15.9 Å². The van der Waals surface area contributed by atoms with Crippen LogP contribution < -0.4 is 4.74 Å². The summed E-state index contributed by atoms with van der Waals surface area (Å²) in [6.07, 6.45) is -0.761. The minimum atomic E-state index is -3.84. The fraction of sp³-hybridized carbons (Fsp3) is 0.100. The molecule has 0 aliphatic carbocycles. The maximum atomic E-state index is 12.9. The molecule has 26 heavy (non-hydrogen) atoms. The average Bonchev–Trinajstić information content (AvgIpc) is 2.67. The number of hydrogen-bond acceptors (Lipinski definition) is 5. The number of benzene rings is 3. The standard InChI is InChI=1S/C20H18O5S/c21-14-19(15-7-3-1-4-8-15)25-18-13-16(22)11-12-20(18)26(23,24)17-9-5-2-6-10-17/h1-13,19,21-22H,14H2. The molecule has 0 spiro atoms. The van der Waals surface area contributed by atoms with Gasteiger partial charge >= 0.3 is 0 Å². The smallest absolute Gasteiger partial charge is 0.210 e. The van der Waals surface area contributed by atoms with Gasteiger partial charge in [0.25, 0.3) is 0 Å². The van der Waals surface area contributed by atoms with Crippen LogP contribution in [0.25, 0.3) is 0 Å². The molecule has 3 rings (SSSR count). The highest BCUT2D eigenvalue weighted by molar-refractivity contribution is 7.91. The highest BCUT2D eigenvalue weighted by Gasteiger charge is 2.24. The van der Waals surface area contributed by atoms with E-state index in [2.05, 4.69) is 0 Å². The second-order valence-electron chi connectivity index (χ2n) is 5.65. The van der Waals surface area contributed by atoms with E-state index < -0.39 is 15.9 Å². The summed E-state index contributed by atoms with van der Waals surface area (Å²) in [5.74, 6) is -0.145. The summed E-state index contributed by atoms with van der Waals surface area (Å²) < 4.78 is 31.7. The van der Waals surface area contributed by atoms with E-state index in [0.717, 1.165) is 0 Å². The van der Waals surface area contributed by atoms with Crippen molar-refractivity contribution in [3.63, 3.8) is 0 Å². The van der Waals surface area contributed by atoms with Gasteiger partial charge in [0.2, 0.25) is 9.84 Å². The summed E-state index contributed by atoms with van der Waals surface area (Å²) in [4.78, 5) is 0.0479. The van der Waals surface area contributed by atoms with Gasteiger partial charge in [-0.05, 0) is 29.8 Å². The minimum Gasteiger partial charge on any atom is -0.508 e. The molecule has 0 aromatic heterocycles. The summed E-state index contributed by atoms with van der Waals surface area (Å²) in [6.45, 7) is -0.343. The van der Waals surface area contributed by atoms with Crippen molar-refractivity contribution in [2.24, 2.45) is 0 Å². The number of rotatable bonds is 6. The van der Waals surface area contributed by atoms with Crippen molar-refractivity contribution in [2.75, 3.05) is 6.61 Å². The van der Waals surface area contributed by atoms with Crippen LogP contribution in [-0.4, -0.2) is 25.2 Å². The Kier molecular flexibility index (Phi) is 5.25. The molecule has 3 aromatic carbocycles. The molecule has 3 aromatic rings. The number of aliphatic hydroxyl groups excluding tert-OH is 1. The molecule has 1 atom stereocenters. The largest absolute Gasteiger partial charge is 0.508 e. The van der Waals surface area contributed by atoms with E-state index in [9.17, 15) is 18.6 Å². The monoisotopic (exact) mass is 370 g/mol. The van der Waals surface area contributed by atoms with Gasteiger partial charge in [-0.2, -0.15) is 0 Å². The lowest BCUT2D eigenvalue weighted by Crippen LogP contribution is -2.14. The lowest BCUT2D eigenvalue weighted by molar-refractivity contribution is 0.113. The molecule has 0 saturated heterocycles. The first kappa shape index (κ1) is 18.0. The Morgan fingerprint density at radius 3 is 2.12 bits per heavy atom. The Hall–Kier alpha value is -2.83. The lowest BCUT2D eigenvalue weighted by atomic mass is 10.1. The number of sulfone groups is 1. The van der Waals surface area contributed by atoms with E-state index in [0.29, 0.717) is 5.56 Å². The Morgan fingerprint density at radius 2 is 1.50 bits per heavy atom. The van der Waals surface area contributed by atoms with Crippen molar-refractivity contribution >= 4 is 9.84 Å². The molecule has 0 aliphatic heterocycles. The zero-order valence-corrected chi connectivity index (χ0v) is 14.6. The number of aliphatic hydroxyl groups is 1. The van der Waals surface area contributed by atoms with Gasteiger partial charge in [0.15, 0.2) is 0 Å². The van der Waals surface area contributed by atoms with E-state index in [1.54, 1.807) is 42.5 Å². The molecule has 1 unspecified atom stereocenters. The second-order valence-corrected chi connectivity index (χ2v) is 7.57. The molecule has 0 heterocycles. The second kappa shape index (κ2) is 7.59. The van der Waals surface area contributed by atoms with Gasteiger partial charge < -0.3 is 14.9 Å². The van der Waals surface area contributed by atoms with Gasteiger partial charge in [-0.3, -0.25) is 0 Å². The predicted molar refractivity (Wildman–Crippen MR) is 96.9 cm³/mol. The molecule has 5 nitrogen and oxygen atoms in total. The third-order valence-electron chi connectivity index (χ3n) is 3.88. The Morgan fingerprint density at radius 1 is 0.885 bits per heavy atom. The quantitative estimate of drug-likeness (QED) is 0.695. The normalized spacial score (nSPS) is 12.5. The number of ether oxygens (including phenoxy) is 1. The molecule has 0 bridgehead atoms. The molecular formula is C20H18O5S. The lowest BCUT2D eigenvalue weighted by Gasteiger charge is -2.20. The summed E-state index contributed by atoms with van der Waals surface area (Å²) in [5.41, 5.74) is 0.696. The molecule has 0 aliphatic rings. The third kappa shape index (κ3) is 3.71. The van der Waals surface area contributed by atoms with E-state index in [1.165, 1.54) is 30.3 Å². The SMILES string of the molecule is O=S(=O)(c1ccccc1)c1ccc(O)cc1OC(CO)c1ccccc1. The van der Waals surface area contributed by atoms with Crippen LogP contribution >= 0.6 is 0 Å². The topological polar surface area (TPSA) is 83.8 Å². The zero-order chi connectivity index (χ0) is 18.6.